The molecule has 1 aliphatic carbocycles. The number of carbonyl (C=O) groups excluding carboxylic acids is 1. The molecule has 3 N–H and O–H groups in total. The SMILES string of the molecule is COC(=O)Nc1cc(Cl)cc(Nc2cc(NC3CC3)c3ncc(C#N)n3n2)c1. The summed E-state index contributed by atoms with van der Waals surface area (Å²) in [4.78, 5) is 15.7. The van der Waals surface area contributed by atoms with Crippen molar-refractivity contribution in [2.75, 3.05) is 23.1 Å². The first-order valence-corrected chi connectivity index (χ1v) is 8.91. The predicted octanol–water partition coefficient (Wildman–Crippen LogP) is 3.75. The molecule has 1 amide bonds. The molecule has 2 heterocycles. The highest BCUT2D eigenvalue weighted by atomic mass is 35.5. The number of carbonyl (C=O) groups is 1. The number of imidazole rings is 1. The quantitative estimate of drug-likeness (QED) is 0.600. The second-order valence-electron chi connectivity index (χ2n) is 6.32. The monoisotopic (exact) mass is 397 g/mol. The van der Waals surface area contributed by atoms with E-state index in [2.05, 4.69) is 36.8 Å². The molecule has 2 aromatic heterocycles. The van der Waals surface area contributed by atoms with Crippen LogP contribution in [0, 0.1) is 11.3 Å². The lowest BCUT2D eigenvalue weighted by Crippen LogP contribution is -2.11. The molecular formula is C18H16ClN7O2. The summed E-state index contributed by atoms with van der Waals surface area (Å²) in [7, 11) is 1.28. The third-order valence-corrected chi connectivity index (χ3v) is 4.34. The predicted molar refractivity (Wildman–Crippen MR) is 105 cm³/mol. The number of ether oxygens (including phenoxy) is 1. The Morgan fingerprint density at radius 2 is 2.11 bits per heavy atom. The highest BCUT2D eigenvalue weighted by Gasteiger charge is 2.23. The van der Waals surface area contributed by atoms with Gasteiger partial charge in [0, 0.05) is 28.5 Å². The van der Waals surface area contributed by atoms with Gasteiger partial charge in [0.2, 0.25) is 0 Å². The van der Waals surface area contributed by atoms with E-state index in [0.29, 0.717) is 39.6 Å². The number of halogens is 1. The molecule has 1 aromatic carbocycles. The van der Waals surface area contributed by atoms with Gasteiger partial charge in [-0.25, -0.2) is 9.78 Å². The number of methoxy groups -OCH3 is 1. The highest BCUT2D eigenvalue weighted by Crippen LogP contribution is 2.30. The van der Waals surface area contributed by atoms with Gasteiger partial charge in [-0.1, -0.05) is 11.6 Å². The zero-order valence-electron chi connectivity index (χ0n) is 14.9. The number of hydrogen-bond donors (Lipinski definition) is 3. The van der Waals surface area contributed by atoms with E-state index >= 15 is 0 Å². The van der Waals surface area contributed by atoms with Crippen molar-refractivity contribution in [2.24, 2.45) is 0 Å². The molecule has 9 nitrogen and oxygen atoms in total. The molecule has 28 heavy (non-hydrogen) atoms. The molecule has 0 radical (unpaired) electrons. The van der Waals surface area contributed by atoms with Crippen LogP contribution in [0.1, 0.15) is 18.5 Å². The van der Waals surface area contributed by atoms with E-state index in [4.69, 9.17) is 11.6 Å². The Kier molecular flexibility index (Phi) is 4.63. The molecule has 1 aliphatic rings. The minimum absolute atomic E-state index is 0.330. The van der Waals surface area contributed by atoms with Crippen molar-refractivity contribution < 1.29 is 9.53 Å². The topological polar surface area (TPSA) is 116 Å². The number of anilines is 4. The van der Waals surface area contributed by atoms with E-state index in [0.717, 1.165) is 18.5 Å². The number of aromatic nitrogens is 3. The fourth-order valence-corrected chi connectivity index (χ4v) is 2.95. The second-order valence-corrected chi connectivity index (χ2v) is 6.76. The first kappa shape index (κ1) is 17.9. The molecule has 0 aliphatic heterocycles. The van der Waals surface area contributed by atoms with Crippen molar-refractivity contribution >= 4 is 46.2 Å². The van der Waals surface area contributed by atoms with Crippen molar-refractivity contribution in [3.63, 3.8) is 0 Å². The summed E-state index contributed by atoms with van der Waals surface area (Å²) in [6.07, 6.45) is 3.09. The number of nitriles is 1. The van der Waals surface area contributed by atoms with Gasteiger partial charge in [-0.2, -0.15) is 9.78 Å². The van der Waals surface area contributed by atoms with Crippen LogP contribution < -0.4 is 16.0 Å². The fourth-order valence-electron chi connectivity index (χ4n) is 2.71. The van der Waals surface area contributed by atoms with Gasteiger partial charge in [0.05, 0.1) is 19.0 Å². The van der Waals surface area contributed by atoms with Gasteiger partial charge >= 0.3 is 6.09 Å². The van der Waals surface area contributed by atoms with Crippen molar-refractivity contribution in [3.8, 4) is 6.07 Å². The zero-order valence-corrected chi connectivity index (χ0v) is 15.6. The standard InChI is InChI=1S/C18H16ClN7O2/c1-28-18(27)24-13-5-10(19)4-12(6-13)23-16-7-15(22-11-2-3-11)17-21-9-14(8-20)26(17)25-16/h4-7,9,11,22H,2-3H2,1H3,(H,23,25)(H,24,27). The van der Waals surface area contributed by atoms with Crippen LogP contribution in [0.5, 0.6) is 0 Å². The Balaban J connectivity index is 1.69. The average Bonchev–Trinajstić information content (AvgIpc) is 3.37. The third kappa shape index (κ3) is 3.77. The van der Waals surface area contributed by atoms with E-state index in [1.807, 2.05) is 6.07 Å². The number of fused-ring (bicyclic) bond motifs is 1. The minimum Gasteiger partial charge on any atom is -0.453 e. The Hall–Kier alpha value is -3.51. The van der Waals surface area contributed by atoms with Gasteiger partial charge < -0.3 is 15.4 Å². The van der Waals surface area contributed by atoms with Gasteiger partial charge in [0.1, 0.15) is 6.07 Å². The molecule has 0 bridgehead atoms. The molecular weight excluding hydrogens is 382 g/mol. The molecule has 10 heteroatoms. The summed E-state index contributed by atoms with van der Waals surface area (Å²) in [6.45, 7) is 0. The fraction of sp³-hybridized carbons (Fsp3) is 0.222. The number of nitrogens with one attached hydrogen (secondary N) is 3. The van der Waals surface area contributed by atoms with Crippen molar-refractivity contribution in [1.82, 2.24) is 14.6 Å². The highest BCUT2D eigenvalue weighted by molar-refractivity contribution is 6.31. The van der Waals surface area contributed by atoms with E-state index in [1.54, 1.807) is 18.2 Å². The van der Waals surface area contributed by atoms with Crippen LogP contribution in [-0.2, 0) is 4.74 Å². The lowest BCUT2D eigenvalue weighted by Gasteiger charge is -2.12. The second kappa shape index (κ2) is 7.25. The van der Waals surface area contributed by atoms with Gasteiger partial charge in [0.15, 0.2) is 17.2 Å². The van der Waals surface area contributed by atoms with Gasteiger partial charge in [-0.15, -0.1) is 5.10 Å². The lowest BCUT2D eigenvalue weighted by molar-refractivity contribution is 0.187. The summed E-state index contributed by atoms with van der Waals surface area (Å²) in [5, 5.41) is 23.3. The van der Waals surface area contributed by atoms with Crippen LogP contribution in [-0.4, -0.2) is 33.8 Å². The molecule has 0 unspecified atom stereocenters. The molecule has 3 aromatic rings. The van der Waals surface area contributed by atoms with Gasteiger partial charge in [-0.3, -0.25) is 5.32 Å². The third-order valence-electron chi connectivity index (χ3n) is 4.12. The van der Waals surface area contributed by atoms with E-state index in [1.165, 1.54) is 17.8 Å². The molecule has 1 fully saturated rings. The maximum atomic E-state index is 11.4. The first-order chi connectivity index (χ1) is 13.6. The molecule has 1 saturated carbocycles. The number of hydrogen-bond acceptors (Lipinski definition) is 7. The van der Waals surface area contributed by atoms with Gasteiger partial charge in [0.25, 0.3) is 0 Å². The summed E-state index contributed by atoms with van der Waals surface area (Å²) >= 11 is 6.15. The zero-order chi connectivity index (χ0) is 19.7. The maximum Gasteiger partial charge on any atom is 0.411 e. The van der Waals surface area contributed by atoms with Crippen LogP contribution in [0.25, 0.3) is 5.65 Å². The van der Waals surface area contributed by atoms with Crippen LogP contribution in [0.3, 0.4) is 0 Å². The van der Waals surface area contributed by atoms with E-state index in [9.17, 15) is 10.1 Å². The minimum atomic E-state index is -0.597. The average molecular weight is 398 g/mol. The summed E-state index contributed by atoms with van der Waals surface area (Å²) in [6, 6.07) is 9.31. The van der Waals surface area contributed by atoms with Gasteiger partial charge in [-0.05, 0) is 31.0 Å². The normalized spacial score (nSPS) is 13.0. The Morgan fingerprint density at radius 3 is 2.82 bits per heavy atom. The number of benzene rings is 1. The lowest BCUT2D eigenvalue weighted by atomic mass is 10.2. The van der Waals surface area contributed by atoms with Crippen LogP contribution in [0.15, 0.2) is 30.5 Å². The largest absolute Gasteiger partial charge is 0.453 e. The molecule has 0 spiro atoms. The molecule has 142 valence electrons. The summed E-state index contributed by atoms with van der Waals surface area (Å²) in [5.41, 5.74) is 2.79. The Morgan fingerprint density at radius 1 is 1.32 bits per heavy atom. The Bertz CT molecular complexity index is 1100. The number of nitrogens with zero attached hydrogens (tertiary/aromatic N) is 4. The number of amides is 1. The number of rotatable bonds is 5. The Labute approximate surface area is 165 Å². The molecule has 0 saturated heterocycles. The van der Waals surface area contributed by atoms with Crippen LogP contribution in [0.4, 0.5) is 27.7 Å². The van der Waals surface area contributed by atoms with Crippen LogP contribution in [0.2, 0.25) is 5.02 Å². The first-order valence-electron chi connectivity index (χ1n) is 8.53. The smallest absolute Gasteiger partial charge is 0.411 e. The summed E-state index contributed by atoms with van der Waals surface area (Å²) < 4.78 is 6.09. The summed E-state index contributed by atoms with van der Waals surface area (Å²) in [5.74, 6) is 0.497. The van der Waals surface area contributed by atoms with E-state index < -0.39 is 6.09 Å². The van der Waals surface area contributed by atoms with Crippen molar-refractivity contribution in [2.45, 2.75) is 18.9 Å². The maximum absolute atomic E-state index is 11.4. The van der Waals surface area contributed by atoms with Crippen molar-refractivity contribution in [1.29, 1.82) is 5.26 Å². The van der Waals surface area contributed by atoms with E-state index in [-0.39, 0.29) is 0 Å². The van der Waals surface area contributed by atoms with Crippen LogP contribution >= 0.6 is 11.6 Å². The van der Waals surface area contributed by atoms with Crippen molar-refractivity contribution in [3.05, 3.63) is 41.2 Å². The molecule has 0 atom stereocenters. The molecule has 4 rings (SSSR count).